The number of aromatic hydroxyl groups is 1. The van der Waals surface area contributed by atoms with Crippen molar-refractivity contribution in [2.75, 3.05) is 5.75 Å². The molecule has 0 fully saturated rings. The number of halogens is 4. The van der Waals surface area contributed by atoms with Crippen LogP contribution in [0.25, 0.3) is 5.69 Å². The summed E-state index contributed by atoms with van der Waals surface area (Å²) in [6.45, 7) is 1.83. The predicted octanol–water partition coefficient (Wildman–Crippen LogP) is 4.36. The molecule has 0 spiro atoms. The molecule has 0 aliphatic heterocycles. The third-order valence-corrected chi connectivity index (χ3v) is 3.79. The van der Waals surface area contributed by atoms with Crippen molar-refractivity contribution >= 4 is 23.4 Å². The zero-order valence-electron chi connectivity index (χ0n) is 10.3. The van der Waals surface area contributed by atoms with E-state index in [2.05, 4.69) is 5.10 Å². The lowest BCUT2D eigenvalue weighted by Crippen LogP contribution is -2.07. The number of benzene rings is 1. The SMILES string of the molecule is CCSc1cc(C(F)(F)F)ccc1-n1ncc(O)c1Cl. The van der Waals surface area contributed by atoms with Crippen LogP contribution >= 0.6 is 23.4 Å². The second-order valence-electron chi connectivity index (χ2n) is 3.85. The molecule has 0 atom stereocenters. The molecule has 0 radical (unpaired) electrons. The Hall–Kier alpha value is -1.34. The Kier molecular flexibility index (Phi) is 4.19. The zero-order valence-corrected chi connectivity index (χ0v) is 11.9. The van der Waals surface area contributed by atoms with Crippen molar-refractivity contribution in [2.45, 2.75) is 18.0 Å². The summed E-state index contributed by atoms with van der Waals surface area (Å²) in [5, 5.41) is 13.2. The number of nitrogens with zero attached hydrogens (tertiary/aromatic N) is 2. The number of hydrogen-bond acceptors (Lipinski definition) is 3. The van der Waals surface area contributed by atoms with Crippen molar-refractivity contribution in [1.82, 2.24) is 9.78 Å². The quantitative estimate of drug-likeness (QED) is 0.853. The van der Waals surface area contributed by atoms with Gasteiger partial charge in [0.1, 0.15) is 0 Å². The smallest absolute Gasteiger partial charge is 0.416 e. The summed E-state index contributed by atoms with van der Waals surface area (Å²) in [6, 6.07) is 3.31. The van der Waals surface area contributed by atoms with Gasteiger partial charge < -0.3 is 5.11 Å². The molecule has 0 amide bonds. The first-order valence-electron chi connectivity index (χ1n) is 5.61. The molecule has 1 aromatic heterocycles. The normalized spacial score (nSPS) is 11.8. The zero-order chi connectivity index (χ0) is 14.9. The lowest BCUT2D eigenvalue weighted by molar-refractivity contribution is -0.137. The highest BCUT2D eigenvalue weighted by atomic mass is 35.5. The van der Waals surface area contributed by atoms with Gasteiger partial charge in [-0.2, -0.15) is 18.3 Å². The first-order valence-corrected chi connectivity index (χ1v) is 6.98. The minimum atomic E-state index is -4.41. The van der Waals surface area contributed by atoms with Crippen LogP contribution in [-0.2, 0) is 6.18 Å². The van der Waals surface area contributed by atoms with E-state index < -0.39 is 11.7 Å². The summed E-state index contributed by atoms with van der Waals surface area (Å²) in [7, 11) is 0. The fourth-order valence-electron chi connectivity index (χ4n) is 1.63. The van der Waals surface area contributed by atoms with Gasteiger partial charge in [-0.15, -0.1) is 11.8 Å². The Labute approximate surface area is 122 Å². The van der Waals surface area contributed by atoms with Crippen molar-refractivity contribution in [3.8, 4) is 11.4 Å². The molecular weight excluding hydrogens is 313 g/mol. The minimum absolute atomic E-state index is 0.0392. The van der Waals surface area contributed by atoms with E-state index in [0.717, 1.165) is 18.3 Å². The lowest BCUT2D eigenvalue weighted by atomic mass is 10.2. The summed E-state index contributed by atoms with van der Waals surface area (Å²) in [6.07, 6.45) is -3.27. The van der Waals surface area contributed by atoms with Crippen LogP contribution in [0, 0.1) is 0 Å². The molecule has 0 saturated heterocycles. The maximum atomic E-state index is 12.7. The van der Waals surface area contributed by atoms with Crippen molar-refractivity contribution in [3.63, 3.8) is 0 Å². The van der Waals surface area contributed by atoms with Crippen molar-refractivity contribution in [3.05, 3.63) is 35.1 Å². The van der Waals surface area contributed by atoms with Crippen LogP contribution in [0.2, 0.25) is 5.15 Å². The van der Waals surface area contributed by atoms with E-state index in [-0.39, 0.29) is 10.9 Å². The first-order chi connectivity index (χ1) is 9.34. The van der Waals surface area contributed by atoms with Gasteiger partial charge in [0.05, 0.1) is 17.4 Å². The molecule has 0 aliphatic rings. The molecule has 1 aromatic carbocycles. The van der Waals surface area contributed by atoms with Crippen molar-refractivity contribution in [1.29, 1.82) is 0 Å². The van der Waals surface area contributed by atoms with Crippen LogP contribution in [0.1, 0.15) is 12.5 Å². The summed E-state index contributed by atoms with van der Waals surface area (Å²) < 4.78 is 39.4. The van der Waals surface area contributed by atoms with Crippen molar-refractivity contribution in [2.24, 2.45) is 0 Å². The molecule has 2 rings (SSSR count). The van der Waals surface area contributed by atoms with Crippen LogP contribution in [0.15, 0.2) is 29.3 Å². The molecule has 0 bridgehead atoms. The van der Waals surface area contributed by atoms with Gasteiger partial charge in [-0.25, -0.2) is 4.68 Å². The number of aromatic nitrogens is 2. The predicted molar refractivity (Wildman–Crippen MR) is 71.6 cm³/mol. The Morgan fingerprint density at radius 3 is 2.60 bits per heavy atom. The number of alkyl halides is 3. The maximum absolute atomic E-state index is 12.7. The Morgan fingerprint density at radius 1 is 1.40 bits per heavy atom. The van der Waals surface area contributed by atoms with Crippen LogP contribution in [0.5, 0.6) is 5.75 Å². The summed E-state index contributed by atoms with van der Waals surface area (Å²) in [5.74, 6) is 0.373. The molecule has 0 aliphatic carbocycles. The van der Waals surface area contributed by atoms with Gasteiger partial charge in [-0.05, 0) is 24.0 Å². The van der Waals surface area contributed by atoms with E-state index in [9.17, 15) is 18.3 Å². The highest BCUT2D eigenvalue weighted by molar-refractivity contribution is 7.99. The Balaban J connectivity index is 2.56. The fourth-order valence-corrected chi connectivity index (χ4v) is 2.64. The molecule has 1 N–H and O–H groups in total. The molecule has 8 heteroatoms. The molecule has 108 valence electrons. The van der Waals surface area contributed by atoms with Gasteiger partial charge in [0, 0.05) is 4.90 Å². The second-order valence-corrected chi connectivity index (χ2v) is 5.51. The molecule has 0 saturated carbocycles. The van der Waals surface area contributed by atoms with Gasteiger partial charge in [0.25, 0.3) is 0 Å². The molecular formula is C12H10ClF3N2OS. The number of rotatable bonds is 3. The van der Waals surface area contributed by atoms with E-state index in [0.29, 0.717) is 16.3 Å². The second kappa shape index (κ2) is 5.57. The third kappa shape index (κ3) is 2.88. The van der Waals surface area contributed by atoms with Gasteiger partial charge in [-0.1, -0.05) is 18.5 Å². The van der Waals surface area contributed by atoms with E-state index >= 15 is 0 Å². The van der Waals surface area contributed by atoms with Gasteiger partial charge >= 0.3 is 6.18 Å². The average Bonchev–Trinajstić information content (AvgIpc) is 2.69. The summed E-state index contributed by atoms with van der Waals surface area (Å²) in [5.41, 5.74) is -0.333. The third-order valence-electron chi connectivity index (χ3n) is 2.51. The number of thioether (sulfide) groups is 1. The molecule has 0 unspecified atom stereocenters. The largest absolute Gasteiger partial charge is 0.504 e. The first kappa shape index (κ1) is 15.1. The van der Waals surface area contributed by atoms with Crippen LogP contribution in [0.3, 0.4) is 0 Å². The summed E-state index contributed by atoms with van der Waals surface area (Å²) >= 11 is 7.11. The standard InChI is InChI=1S/C12H10ClF3N2OS/c1-2-20-10-5-7(12(14,15)16)3-4-8(10)18-11(13)9(19)6-17-18/h3-6,19H,2H2,1H3. The van der Waals surface area contributed by atoms with Crippen molar-refractivity contribution < 1.29 is 18.3 Å². The van der Waals surface area contributed by atoms with E-state index in [1.54, 1.807) is 0 Å². The van der Waals surface area contributed by atoms with Gasteiger partial charge in [0.2, 0.25) is 0 Å². The summed E-state index contributed by atoms with van der Waals surface area (Å²) in [4.78, 5) is 0.396. The van der Waals surface area contributed by atoms with Crippen LogP contribution < -0.4 is 0 Å². The Morgan fingerprint density at radius 2 is 2.10 bits per heavy atom. The Bertz CT molecular complexity index is 628. The lowest BCUT2D eigenvalue weighted by Gasteiger charge is -2.13. The maximum Gasteiger partial charge on any atom is 0.416 e. The molecule has 20 heavy (non-hydrogen) atoms. The van der Waals surface area contributed by atoms with Crippen LogP contribution in [-0.4, -0.2) is 20.6 Å². The van der Waals surface area contributed by atoms with E-state index in [1.165, 1.54) is 22.5 Å². The van der Waals surface area contributed by atoms with E-state index in [4.69, 9.17) is 11.6 Å². The van der Waals surface area contributed by atoms with Crippen LogP contribution in [0.4, 0.5) is 13.2 Å². The van der Waals surface area contributed by atoms with Gasteiger partial charge in [0.15, 0.2) is 10.9 Å². The topological polar surface area (TPSA) is 38.0 Å². The fraction of sp³-hybridized carbons (Fsp3) is 0.250. The number of hydrogen-bond donors (Lipinski definition) is 1. The molecule has 2 aromatic rings. The monoisotopic (exact) mass is 322 g/mol. The van der Waals surface area contributed by atoms with E-state index in [1.807, 2.05) is 6.92 Å². The minimum Gasteiger partial charge on any atom is -0.504 e. The highest BCUT2D eigenvalue weighted by Gasteiger charge is 2.31. The van der Waals surface area contributed by atoms with Gasteiger partial charge in [-0.3, -0.25) is 0 Å². The molecule has 3 nitrogen and oxygen atoms in total. The average molecular weight is 323 g/mol. The highest BCUT2D eigenvalue weighted by Crippen LogP contribution is 2.36. The molecule has 1 heterocycles.